The van der Waals surface area contributed by atoms with Crippen LogP contribution >= 0.6 is 0 Å². The van der Waals surface area contributed by atoms with E-state index in [9.17, 15) is 9.59 Å². The van der Waals surface area contributed by atoms with E-state index in [4.69, 9.17) is 9.94 Å². The van der Waals surface area contributed by atoms with Crippen LogP contribution in [0.1, 0.15) is 19.0 Å². The smallest absolute Gasteiger partial charge is 0.353 e. The number of aliphatic carboxylic acids is 1. The van der Waals surface area contributed by atoms with Gasteiger partial charge in [0, 0.05) is 5.39 Å². The van der Waals surface area contributed by atoms with Crippen molar-refractivity contribution in [3.8, 4) is 0 Å². The Balaban J connectivity index is 2.27. The third-order valence-corrected chi connectivity index (χ3v) is 3.75. The molecule has 104 valence electrons. The van der Waals surface area contributed by atoms with Crippen molar-refractivity contribution >= 4 is 22.9 Å². The largest absolute Gasteiger partial charge is 0.481 e. The Morgan fingerprint density at radius 2 is 2.10 bits per heavy atom. The van der Waals surface area contributed by atoms with Crippen LogP contribution in [0.15, 0.2) is 30.3 Å². The number of rotatable bonds is 3. The maximum Gasteiger partial charge on any atom is 0.353 e. The first-order valence-corrected chi connectivity index (χ1v) is 6.20. The molecule has 1 aliphatic heterocycles. The van der Waals surface area contributed by atoms with E-state index in [2.05, 4.69) is 0 Å². The summed E-state index contributed by atoms with van der Waals surface area (Å²) in [6.45, 7) is 1.69. The van der Waals surface area contributed by atoms with Crippen LogP contribution in [0.3, 0.4) is 0 Å². The number of hydroxylamine groups is 2. The fraction of sp³-hybridized carbons (Fsp3) is 0.286. The highest BCUT2D eigenvalue weighted by atomic mass is 16.7. The number of carbonyl (C=O) groups is 2. The minimum Gasteiger partial charge on any atom is -0.481 e. The van der Waals surface area contributed by atoms with Gasteiger partial charge >= 0.3 is 12.0 Å². The van der Waals surface area contributed by atoms with Crippen LogP contribution in [0.25, 0.3) is 10.9 Å². The molecular formula is C14H14N2O4. The molecule has 1 unspecified atom stereocenters. The van der Waals surface area contributed by atoms with Gasteiger partial charge in [0.2, 0.25) is 0 Å². The first-order valence-electron chi connectivity index (χ1n) is 6.20. The van der Waals surface area contributed by atoms with E-state index in [1.807, 2.05) is 30.3 Å². The zero-order chi connectivity index (χ0) is 14.5. The Morgan fingerprint density at radius 3 is 2.75 bits per heavy atom. The molecule has 1 amide bonds. The van der Waals surface area contributed by atoms with Gasteiger partial charge in [0.15, 0.2) is 0 Å². The van der Waals surface area contributed by atoms with E-state index >= 15 is 0 Å². The molecule has 2 aromatic rings. The van der Waals surface area contributed by atoms with Crippen molar-refractivity contribution < 1.29 is 19.5 Å². The van der Waals surface area contributed by atoms with Crippen molar-refractivity contribution in [2.45, 2.75) is 18.9 Å². The Kier molecular flexibility index (Phi) is 2.58. The standard InChI is InChI=1S/C14H14N2O4/c1-14(8-12(17)18)11-7-9-5-3-4-6-10(9)15(11)13(19)16(14)20-2/h3-7H,8H2,1-2H3,(H,17,18). The lowest BCUT2D eigenvalue weighted by Gasteiger charge is -2.30. The van der Waals surface area contributed by atoms with Crippen LogP contribution in [0.5, 0.6) is 0 Å². The van der Waals surface area contributed by atoms with Gasteiger partial charge in [0.25, 0.3) is 0 Å². The van der Waals surface area contributed by atoms with Gasteiger partial charge in [-0.2, -0.15) is 5.06 Å². The lowest BCUT2D eigenvalue weighted by Crippen LogP contribution is -2.42. The SMILES string of the molecule is CON1C(=O)n2c(cc3ccccc32)C1(C)CC(=O)O. The average molecular weight is 274 g/mol. The molecule has 20 heavy (non-hydrogen) atoms. The van der Waals surface area contributed by atoms with Crippen molar-refractivity contribution in [1.29, 1.82) is 0 Å². The molecule has 2 heterocycles. The molecule has 1 atom stereocenters. The molecule has 0 aliphatic carbocycles. The van der Waals surface area contributed by atoms with Gasteiger partial charge in [-0.05, 0) is 19.1 Å². The first-order chi connectivity index (χ1) is 9.49. The first kappa shape index (κ1) is 12.7. The van der Waals surface area contributed by atoms with Crippen LogP contribution < -0.4 is 0 Å². The molecule has 0 saturated heterocycles. The Hall–Kier alpha value is -2.34. The predicted molar refractivity (Wildman–Crippen MR) is 71.2 cm³/mol. The topological polar surface area (TPSA) is 71.8 Å². The summed E-state index contributed by atoms with van der Waals surface area (Å²) in [5, 5.41) is 11.2. The quantitative estimate of drug-likeness (QED) is 0.931. The zero-order valence-electron chi connectivity index (χ0n) is 11.2. The molecule has 0 radical (unpaired) electrons. The number of aromatic nitrogens is 1. The molecule has 6 heteroatoms. The average Bonchev–Trinajstić information content (AvgIpc) is 2.85. The molecule has 0 spiro atoms. The minimum absolute atomic E-state index is 0.219. The van der Waals surface area contributed by atoms with Gasteiger partial charge in [0.05, 0.1) is 24.7 Å². The lowest BCUT2D eigenvalue weighted by molar-refractivity contribution is -0.163. The van der Waals surface area contributed by atoms with Crippen molar-refractivity contribution in [2.75, 3.05) is 7.11 Å². The third-order valence-electron chi connectivity index (χ3n) is 3.75. The van der Waals surface area contributed by atoms with Crippen LogP contribution in [-0.4, -0.2) is 33.8 Å². The highest BCUT2D eigenvalue weighted by Crippen LogP contribution is 2.41. The van der Waals surface area contributed by atoms with Crippen LogP contribution in [0.2, 0.25) is 0 Å². The van der Waals surface area contributed by atoms with Gasteiger partial charge in [-0.15, -0.1) is 0 Å². The molecule has 3 rings (SSSR count). The lowest BCUT2D eigenvalue weighted by atomic mass is 9.94. The van der Waals surface area contributed by atoms with Gasteiger partial charge in [-0.3, -0.25) is 14.2 Å². The number of fused-ring (bicyclic) bond motifs is 3. The fourth-order valence-corrected chi connectivity index (χ4v) is 2.90. The van der Waals surface area contributed by atoms with Gasteiger partial charge in [0.1, 0.15) is 5.54 Å². The summed E-state index contributed by atoms with van der Waals surface area (Å²) >= 11 is 0. The van der Waals surface area contributed by atoms with E-state index in [0.29, 0.717) is 5.69 Å². The van der Waals surface area contributed by atoms with Crippen LogP contribution in [0.4, 0.5) is 4.79 Å². The number of para-hydroxylation sites is 1. The maximum atomic E-state index is 12.5. The molecule has 1 aliphatic rings. The molecule has 1 aromatic heterocycles. The number of carboxylic acids is 1. The van der Waals surface area contributed by atoms with Crippen molar-refractivity contribution in [1.82, 2.24) is 9.63 Å². The molecule has 1 N–H and O–H groups in total. The van der Waals surface area contributed by atoms with E-state index in [1.165, 1.54) is 11.7 Å². The summed E-state index contributed by atoms with van der Waals surface area (Å²) in [7, 11) is 1.37. The van der Waals surface area contributed by atoms with E-state index in [0.717, 1.165) is 16.0 Å². The summed E-state index contributed by atoms with van der Waals surface area (Å²) in [5.41, 5.74) is 0.369. The molecule has 6 nitrogen and oxygen atoms in total. The second kappa shape index (κ2) is 4.08. The van der Waals surface area contributed by atoms with Crippen molar-refractivity contribution in [3.05, 3.63) is 36.0 Å². The Morgan fingerprint density at radius 1 is 1.40 bits per heavy atom. The summed E-state index contributed by atoms with van der Waals surface area (Å²) in [6.07, 6.45) is -0.219. The summed E-state index contributed by atoms with van der Waals surface area (Å²) < 4.78 is 1.52. The van der Waals surface area contributed by atoms with Gasteiger partial charge in [-0.1, -0.05) is 18.2 Å². The number of hydrogen-bond acceptors (Lipinski definition) is 3. The maximum absolute atomic E-state index is 12.5. The number of carboxylic acid groups (broad SMARTS) is 1. The Labute approximate surface area is 115 Å². The van der Waals surface area contributed by atoms with Gasteiger partial charge in [-0.25, -0.2) is 4.79 Å². The Bertz CT molecular complexity index is 721. The molecule has 0 bridgehead atoms. The number of amides is 1. The monoisotopic (exact) mass is 274 g/mol. The molecule has 0 saturated carbocycles. The molecule has 0 fully saturated rings. The summed E-state index contributed by atoms with van der Waals surface area (Å²) in [5.74, 6) is -0.985. The number of nitrogens with zero attached hydrogens (tertiary/aromatic N) is 2. The molecular weight excluding hydrogens is 260 g/mol. The van der Waals surface area contributed by atoms with E-state index in [-0.39, 0.29) is 12.5 Å². The zero-order valence-corrected chi connectivity index (χ0v) is 11.2. The highest BCUT2D eigenvalue weighted by molar-refractivity contribution is 5.96. The predicted octanol–water partition coefficient (Wildman–Crippen LogP) is 2.18. The molecule has 1 aromatic carbocycles. The third kappa shape index (κ3) is 1.48. The fourth-order valence-electron chi connectivity index (χ4n) is 2.90. The number of carbonyl (C=O) groups excluding carboxylic acids is 1. The summed E-state index contributed by atoms with van der Waals surface area (Å²) in [6, 6.07) is 8.92. The van der Waals surface area contributed by atoms with Crippen molar-refractivity contribution in [2.24, 2.45) is 0 Å². The second-order valence-corrected chi connectivity index (χ2v) is 5.03. The van der Waals surface area contributed by atoms with E-state index in [1.54, 1.807) is 6.92 Å². The van der Waals surface area contributed by atoms with Crippen LogP contribution in [-0.2, 0) is 15.2 Å². The van der Waals surface area contributed by atoms with Crippen molar-refractivity contribution in [3.63, 3.8) is 0 Å². The number of benzene rings is 1. The van der Waals surface area contributed by atoms with Gasteiger partial charge < -0.3 is 5.11 Å². The van der Waals surface area contributed by atoms with E-state index < -0.39 is 11.5 Å². The number of hydrogen-bond donors (Lipinski definition) is 1. The highest BCUT2D eigenvalue weighted by Gasteiger charge is 2.50. The minimum atomic E-state index is -1.02. The van der Waals surface area contributed by atoms with Crippen LogP contribution in [0, 0.1) is 0 Å². The second-order valence-electron chi connectivity index (χ2n) is 5.03. The normalized spacial score (nSPS) is 21.5. The summed E-state index contributed by atoms with van der Waals surface area (Å²) in [4.78, 5) is 28.8.